The van der Waals surface area contributed by atoms with E-state index in [0.717, 1.165) is 46.5 Å². The van der Waals surface area contributed by atoms with E-state index in [0.29, 0.717) is 22.0 Å². The van der Waals surface area contributed by atoms with Gasteiger partial charge in [-0.1, -0.05) is 29.8 Å². The van der Waals surface area contributed by atoms with E-state index in [1.54, 1.807) is 11.8 Å². The van der Waals surface area contributed by atoms with Gasteiger partial charge in [-0.25, -0.2) is 4.98 Å². The molecule has 1 aliphatic heterocycles. The maximum Gasteiger partial charge on any atom is 0.256 e. The largest absolute Gasteiger partial charge is 0.369 e. The molecule has 0 bridgehead atoms. The fourth-order valence-electron chi connectivity index (χ4n) is 3.83. The molecule has 4 aromatic rings. The Morgan fingerprint density at radius 1 is 1.09 bits per heavy atom. The highest BCUT2D eigenvalue weighted by Gasteiger charge is 2.16. The number of hydrogen-bond acceptors (Lipinski definition) is 5. The number of amides is 1. The van der Waals surface area contributed by atoms with Crippen molar-refractivity contribution < 1.29 is 4.79 Å². The molecule has 0 unspecified atom stereocenters. The lowest BCUT2D eigenvalue weighted by atomic mass is 10.2. The molecule has 1 amide bonds. The number of carbonyl (C=O) groups excluding carboxylic acids is 1. The van der Waals surface area contributed by atoms with Gasteiger partial charge in [0.2, 0.25) is 0 Å². The van der Waals surface area contributed by atoms with Gasteiger partial charge in [0.05, 0.1) is 22.0 Å². The average molecular weight is 495 g/mol. The van der Waals surface area contributed by atoms with Crippen LogP contribution in [0.4, 0.5) is 11.4 Å². The van der Waals surface area contributed by atoms with Gasteiger partial charge in [-0.3, -0.25) is 4.79 Å². The highest BCUT2D eigenvalue weighted by Crippen LogP contribution is 2.31. The molecule has 0 spiro atoms. The normalized spacial score (nSPS) is 13.9. The molecule has 5 rings (SSSR count). The first-order chi connectivity index (χ1) is 16.2. The molecule has 8 heteroatoms. The number of halogens is 1. The van der Waals surface area contributed by atoms with E-state index in [9.17, 15) is 4.79 Å². The van der Waals surface area contributed by atoms with Crippen LogP contribution in [-0.4, -0.2) is 39.9 Å². The summed E-state index contributed by atoms with van der Waals surface area (Å²) >= 11 is 10.1. The van der Waals surface area contributed by atoms with Crippen LogP contribution in [0.5, 0.6) is 0 Å². The van der Waals surface area contributed by atoms with Gasteiger partial charge >= 0.3 is 0 Å². The number of nitrogens with one attached hydrogen (secondary N) is 1. The van der Waals surface area contributed by atoms with Crippen molar-refractivity contribution in [2.45, 2.75) is 10.6 Å². The molecular formula is C25H23ClN4OS2. The highest BCUT2D eigenvalue weighted by molar-refractivity contribution is 7.99. The van der Waals surface area contributed by atoms with Crippen LogP contribution in [0.2, 0.25) is 5.02 Å². The van der Waals surface area contributed by atoms with Crippen molar-refractivity contribution in [3.8, 4) is 0 Å². The lowest BCUT2D eigenvalue weighted by Crippen LogP contribution is -2.32. The van der Waals surface area contributed by atoms with Crippen LogP contribution in [0.1, 0.15) is 16.1 Å². The van der Waals surface area contributed by atoms with E-state index >= 15 is 0 Å². The maximum absolute atomic E-state index is 13.1. The molecule has 5 nitrogen and oxygen atoms in total. The van der Waals surface area contributed by atoms with Gasteiger partial charge in [0.25, 0.3) is 5.91 Å². The molecule has 0 saturated carbocycles. The quantitative estimate of drug-likeness (QED) is 0.329. The SMILES string of the molecule is O=C(Nc1ccc(N2CCSCC2)c(Cl)c1)c1ccccc1SCc1cn2ccccc2n1. The minimum absolute atomic E-state index is 0.147. The molecule has 0 aliphatic carbocycles. The van der Waals surface area contributed by atoms with Gasteiger partial charge in [-0.15, -0.1) is 11.8 Å². The molecular weight excluding hydrogens is 472 g/mol. The highest BCUT2D eigenvalue weighted by atomic mass is 35.5. The Hall–Kier alpha value is -2.61. The van der Waals surface area contributed by atoms with Gasteiger partial charge < -0.3 is 14.6 Å². The Morgan fingerprint density at radius 3 is 2.73 bits per heavy atom. The number of nitrogens with zero attached hydrogens (tertiary/aromatic N) is 3. The molecule has 2 aromatic carbocycles. The molecule has 1 N–H and O–H groups in total. The third-order valence-electron chi connectivity index (χ3n) is 5.48. The number of anilines is 2. The van der Waals surface area contributed by atoms with Crippen molar-refractivity contribution in [2.24, 2.45) is 0 Å². The van der Waals surface area contributed by atoms with Crippen LogP contribution in [0.25, 0.3) is 5.65 Å². The number of carbonyl (C=O) groups is 1. The minimum atomic E-state index is -0.147. The third kappa shape index (κ3) is 5.16. The fraction of sp³-hybridized carbons (Fsp3) is 0.200. The summed E-state index contributed by atoms with van der Waals surface area (Å²) in [4.78, 5) is 21.0. The standard InChI is InChI=1S/C25H23ClN4OS2/c26-21-15-18(8-9-22(21)29-11-13-32-14-12-29)28-25(31)20-5-1-2-6-23(20)33-17-19-16-30-10-4-3-7-24(30)27-19/h1-10,15-16H,11-14,17H2,(H,28,31). The van der Waals surface area contributed by atoms with Gasteiger partial charge in [-0.2, -0.15) is 11.8 Å². The predicted octanol–water partition coefficient (Wildman–Crippen LogP) is 6.09. The Bertz CT molecular complexity index is 1250. The number of fused-ring (bicyclic) bond motifs is 1. The second-order valence-corrected chi connectivity index (χ2v) is 10.4. The monoisotopic (exact) mass is 494 g/mol. The van der Waals surface area contributed by atoms with Crippen LogP contribution in [-0.2, 0) is 5.75 Å². The van der Waals surface area contributed by atoms with Crippen LogP contribution < -0.4 is 10.2 Å². The number of benzene rings is 2. The van der Waals surface area contributed by atoms with Crippen molar-refractivity contribution in [3.05, 3.63) is 89.3 Å². The number of aromatic nitrogens is 2. The molecule has 3 heterocycles. The summed E-state index contributed by atoms with van der Waals surface area (Å²) in [6.45, 7) is 1.99. The topological polar surface area (TPSA) is 49.6 Å². The van der Waals surface area contributed by atoms with Crippen LogP contribution >= 0.6 is 35.1 Å². The lowest BCUT2D eigenvalue weighted by molar-refractivity contribution is 0.102. The summed E-state index contributed by atoms with van der Waals surface area (Å²) in [6, 6.07) is 19.4. The van der Waals surface area contributed by atoms with Crippen molar-refractivity contribution >= 4 is 58.1 Å². The Morgan fingerprint density at radius 2 is 1.91 bits per heavy atom. The number of rotatable bonds is 6. The summed E-state index contributed by atoms with van der Waals surface area (Å²) in [5.41, 5.74) is 4.25. The van der Waals surface area contributed by atoms with Crippen LogP contribution in [0.3, 0.4) is 0 Å². The van der Waals surface area contributed by atoms with E-state index in [2.05, 4.69) is 15.2 Å². The number of pyridine rings is 1. The molecule has 33 heavy (non-hydrogen) atoms. The summed E-state index contributed by atoms with van der Waals surface area (Å²) in [5, 5.41) is 3.67. The second kappa shape index (κ2) is 10.1. The van der Waals surface area contributed by atoms with Crippen molar-refractivity contribution in [1.82, 2.24) is 9.38 Å². The first-order valence-corrected chi connectivity index (χ1v) is 13.3. The van der Waals surface area contributed by atoms with E-state index in [4.69, 9.17) is 11.6 Å². The van der Waals surface area contributed by atoms with E-state index in [-0.39, 0.29) is 5.91 Å². The molecule has 168 valence electrons. The predicted molar refractivity (Wildman–Crippen MR) is 140 cm³/mol. The van der Waals surface area contributed by atoms with Crippen molar-refractivity contribution in [2.75, 3.05) is 34.8 Å². The van der Waals surface area contributed by atoms with Crippen molar-refractivity contribution in [3.63, 3.8) is 0 Å². The Balaban J connectivity index is 1.28. The van der Waals surface area contributed by atoms with Gasteiger partial charge in [0, 0.05) is 53.3 Å². The summed E-state index contributed by atoms with van der Waals surface area (Å²) in [6.07, 6.45) is 4.01. The lowest BCUT2D eigenvalue weighted by Gasteiger charge is -2.29. The molecule has 2 aromatic heterocycles. The molecule has 0 radical (unpaired) electrons. The number of thioether (sulfide) groups is 2. The second-order valence-electron chi connectivity index (χ2n) is 7.70. The zero-order valence-electron chi connectivity index (χ0n) is 17.9. The zero-order chi connectivity index (χ0) is 22.6. The van der Waals surface area contributed by atoms with Crippen LogP contribution in [0.15, 0.2) is 78.0 Å². The molecule has 1 aliphatic rings. The van der Waals surface area contributed by atoms with Crippen LogP contribution in [0, 0.1) is 0 Å². The molecule has 1 fully saturated rings. The van der Waals surface area contributed by atoms with Gasteiger partial charge in [0.15, 0.2) is 0 Å². The first kappa shape index (κ1) is 22.2. The number of imidazole rings is 1. The van der Waals surface area contributed by atoms with E-state index in [1.807, 2.05) is 89.2 Å². The average Bonchev–Trinajstić information content (AvgIpc) is 3.27. The van der Waals surface area contributed by atoms with E-state index < -0.39 is 0 Å². The maximum atomic E-state index is 13.1. The summed E-state index contributed by atoms with van der Waals surface area (Å²) in [5.74, 6) is 2.75. The first-order valence-electron chi connectivity index (χ1n) is 10.8. The smallest absolute Gasteiger partial charge is 0.256 e. The summed E-state index contributed by atoms with van der Waals surface area (Å²) in [7, 11) is 0. The van der Waals surface area contributed by atoms with E-state index in [1.165, 1.54) is 0 Å². The Labute approximate surface area is 206 Å². The third-order valence-corrected chi connectivity index (χ3v) is 7.83. The van der Waals surface area contributed by atoms with Gasteiger partial charge in [-0.05, 0) is 42.5 Å². The zero-order valence-corrected chi connectivity index (χ0v) is 20.3. The minimum Gasteiger partial charge on any atom is -0.369 e. The Kier molecular flexibility index (Phi) is 6.80. The summed E-state index contributed by atoms with van der Waals surface area (Å²) < 4.78 is 2.00. The number of hydrogen-bond donors (Lipinski definition) is 1. The fourth-order valence-corrected chi connectivity index (χ4v) is 5.97. The molecule has 0 atom stereocenters. The van der Waals surface area contributed by atoms with Crippen molar-refractivity contribution in [1.29, 1.82) is 0 Å². The van der Waals surface area contributed by atoms with Gasteiger partial charge in [0.1, 0.15) is 5.65 Å². The molecule has 1 saturated heterocycles.